The van der Waals surface area contributed by atoms with E-state index in [0.717, 1.165) is 5.75 Å². The van der Waals surface area contributed by atoms with Gasteiger partial charge in [-0.15, -0.1) is 0 Å². The van der Waals surface area contributed by atoms with Gasteiger partial charge in [0.1, 0.15) is 5.75 Å². The Balaban J connectivity index is 2.26. The molecule has 1 amide bonds. The Kier molecular flexibility index (Phi) is 6.29. The van der Waals surface area contributed by atoms with Crippen LogP contribution in [0.4, 0.5) is 0 Å². The quantitative estimate of drug-likeness (QED) is 0.590. The van der Waals surface area contributed by atoms with Gasteiger partial charge >= 0.3 is 5.97 Å². The number of ether oxygens (including phenoxy) is 1. The number of amides is 1. The zero-order valence-corrected chi connectivity index (χ0v) is 11.7. The molecule has 20 heavy (non-hydrogen) atoms. The zero-order valence-electron chi connectivity index (χ0n) is 11.7. The molecule has 0 saturated carbocycles. The average molecular weight is 277 g/mol. The number of nitrogens with one attached hydrogen (secondary N) is 1. The molecule has 0 aliphatic rings. The fraction of sp³-hybridized carbons (Fsp3) is 0.333. The van der Waals surface area contributed by atoms with E-state index >= 15 is 0 Å². The normalized spacial score (nSPS) is 11.5. The van der Waals surface area contributed by atoms with E-state index in [2.05, 4.69) is 5.32 Å². The molecule has 1 aromatic rings. The molecule has 0 aliphatic carbocycles. The van der Waals surface area contributed by atoms with Gasteiger partial charge in [-0.1, -0.05) is 18.2 Å². The number of aliphatic carboxylic acids is 1. The summed E-state index contributed by atoms with van der Waals surface area (Å²) in [6, 6.07) is 9.41. The molecule has 5 nitrogen and oxygen atoms in total. The predicted molar refractivity (Wildman–Crippen MR) is 75.6 cm³/mol. The van der Waals surface area contributed by atoms with E-state index in [9.17, 15) is 9.59 Å². The summed E-state index contributed by atoms with van der Waals surface area (Å²) in [5.41, 5.74) is 0.282. The molecule has 0 atom stereocenters. The molecule has 2 N–H and O–H groups in total. The fourth-order valence-electron chi connectivity index (χ4n) is 1.44. The van der Waals surface area contributed by atoms with Crippen molar-refractivity contribution in [2.75, 3.05) is 13.2 Å². The Morgan fingerprint density at radius 3 is 2.40 bits per heavy atom. The topological polar surface area (TPSA) is 75.6 Å². The van der Waals surface area contributed by atoms with Gasteiger partial charge in [-0.2, -0.15) is 0 Å². The van der Waals surface area contributed by atoms with Gasteiger partial charge in [0.25, 0.3) is 0 Å². The number of benzene rings is 1. The minimum absolute atomic E-state index is 0.0584. The van der Waals surface area contributed by atoms with Crippen LogP contribution in [0.5, 0.6) is 5.75 Å². The largest absolute Gasteiger partial charge is 0.494 e. The van der Waals surface area contributed by atoms with E-state index in [0.29, 0.717) is 19.6 Å². The van der Waals surface area contributed by atoms with Crippen molar-refractivity contribution in [3.05, 3.63) is 41.5 Å². The molecular weight excluding hydrogens is 258 g/mol. The predicted octanol–water partition coefficient (Wildman–Crippen LogP) is 1.99. The summed E-state index contributed by atoms with van der Waals surface area (Å²) >= 11 is 0. The zero-order chi connectivity index (χ0) is 15.0. The van der Waals surface area contributed by atoms with E-state index in [-0.39, 0.29) is 17.1 Å². The SMILES string of the molecule is CC(C(=O)O)=C(C)C(=O)NCCCOc1ccccc1. The molecule has 1 aromatic carbocycles. The molecule has 0 fully saturated rings. The van der Waals surface area contributed by atoms with Gasteiger partial charge in [-0.25, -0.2) is 4.79 Å². The van der Waals surface area contributed by atoms with Crippen molar-refractivity contribution < 1.29 is 19.4 Å². The second kappa shape index (κ2) is 7.99. The minimum Gasteiger partial charge on any atom is -0.494 e. The first-order valence-corrected chi connectivity index (χ1v) is 6.39. The molecule has 108 valence electrons. The van der Waals surface area contributed by atoms with Crippen LogP contribution in [0, 0.1) is 0 Å². The van der Waals surface area contributed by atoms with Crippen LogP contribution in [0.2, 0.25) is 0 Å². The molecule has 0 aromatic heterocycles. The third-order valence-electron chi connectivity index (χ3n) is 2.84. The number of carboxylic acids is 1. The summed E-state index contributed by atoms with van der Waals surface area (Å²) in [6.45, 7) is 3.84. The minimum atomic E-state index is -1.08. The van der Waals surface area contributed by atoms with Crippen LogP contribution in [0.15, 0.2) is 41.5 Å². The molecule has 0 saturated heterocycles. The second-order valence-corrected chi connectivity index (χ2v) is 4.33. The maximum Gasteiger partial charge on any atom is 0.331 e. The third kappa shape index (κ3) is 5.14. The van der Waals surface area contributed by atoms with Crippen LogP contribution in [0.25, 0.3) is 0 Å². The summed E-state index contributed by atoms with van der Waals surface area (Å²) < 4.78 is 5.48. The van der Waals surface area contributed by atoms with Gasteiger partial charge in [0.2, 0.25) is 5.91 Å². The molecule has 0 spiro atoms. The fourth-order valence-corrected chi connectivity index (χ4v) is 1.44. The van der Waals surface area contributed by atoms with Crippen molar-refractivity contribution in [1.82, 2.24) is 5.32 Å². The van der Waals surface area contributed by atoms with Crippen LogP contribution >= 0.6 is 0 Å². The van der Waals surface area contributed by atoms with E-state index < -0.39 is 5.97 Å². The average Bonchev–Trinajstić information content (AvgIpc) is 2.46. The highest BCUT2D eigenvalue weighted by Crippen LogP contribution is 2.08. The van der Waals surface area contributed by atoms with Crippen molar-refractivity contribution in [2.45, 2.75) is 20.3 Å². The number of carboxylic acid groups (broad SMARTS) is 1. The van der Waals surface area contributed by atoms with Gasteiger partial charge in [0.05, 0.1) is 6.61 Å². The van der Waals surface area contributed by atoms with Gasteiger partial charge in [0.15, 0.2) is 0 Å². The van der Waals surface area contributed by atoms with Crippen LogP contribution in [0.1, 0.15) is 20.3 Å². The summed E-state index contributed by atoms with van der Waals surface area (Å²) in [5.74, 6) is -0.647. The van der Waals surface area contributed by atoms with Crippen LogP contribution in [-0.2, 0) is 9.59 Å². The van der Waals surface area contributed by atoms with E-state index in [4.69, 9.17) is 9.84 Å². The van der Waals surface area contributed by atoms with Crippen LogP contribution < -0.4 is 10.1 Å². The van der Waals surface area contributed by atoms with Gasteiger partial charge in [-0.3, -0.25) is 4.79 Å². The first-order valence-electron chi connectivity index (χ1n) is 6.39. The van der Waals surface area contributed by atoms with Crippen molar-refractivity contribution in [1.29, 1.82) is 0 Å². The second-order valence-electron chi connectivity index (χ2n) is 4.33. The summed E-state index contributed by atoms with van der Waals surface area (Å²) in [6.07, 6.45) is 0.653. The number of hydrogen-bond acceptors (Lipinski definition) is 3. The van der Waals surface area contributed by atoms with Gasteiger partial charge < -0.3 is 15.2 Å². The molecule has 0 aliphatic heterocycles. The summed E-state index contributed by atoms with van der Waals surface area (Å²) in [7, 11) is 0. The molecule has 0 unspecified atom stereocenters. The van der Waals surface area contributed by atoms with Crippen LogP contribution in [0.3, 0.4) is 0 Å². The highest BCUT2D eigenvalue weighted by molar-refractivity contribution is 6.01. The van der Waals surface area contributed by atoms with Crippen LogP contribution in [-0.4, -0.2) is 30.1 Å². The lowest BCUT2D eigenvalue weighted by molar-refractivity contribution is -0.133. The molecule has 0 bridgehead atoms. The monoisotopic (exact) mass is 277 g/mol. The first-order chi connectivity index (χ1) is 9.52. The third-order valence-corrected chi connectivity index (χ3v) is 2.84. The Morgan fingerprint density at radius 1 is 1.15 bits per heavy atom. The summed E-state index contributed by atoms with van der Waals surface area (Å²) in [5, 5.41) is 11.4. The number of para-hydroxylation sites is 1. The molecular formula is C15H19NO4. The summed E-state index contributed by atoms with van der Waals surface area (Å²) in [4.78, 5) is 22.4. The van der Waals surface area contributed by atoms with E-state index in [1.165, 1.54) is 13.8 Å². The lowest BCUT2D eigenvalue weighted by atomic mass is 10.1. The lowest BCUT2D eigenvalue weighted by Gasteiger charge is -2.08. The highest BCUT2D eigenvalue weighted by Gasteiger charge is 2.11. The lowest BCUT2D eigenvalue weighted by Crippen LogP contribution is -2.27. The Morgan fingerprint density at radius 2 is 1.80 bits per heavy atom. The van der Waals surface area contributed by atoms with Gasteiger partial charge in [-0.05, 0) is 32.4 Å². The standard InChI is InChI=1S/C15H19NO4/c1-11(12(2)15(18)19)14(17)16-9-6-10-20-13-7-4-3-5-8-13/h3-5,7-8H,6,9-10H2,1-2H3,(H,16,17)(H,18,19). The Labute approximate surface area is 118 Å². The molecule has 0 radical (unpaired) electrons. The molecule has 1 rings (SSSR count). The van der Waals surface area contributed by atoms with Crippen molar-refractivity contribution in [2.24, 2.45) is 0 Å². The number of hydrogen-bond donors (Lipinski definition) is 2. The Hall–Kier alpha value is -2.30. The van der Waals surface area contributed by atoms with Crippen molar-refractivity contribution in [3.8, 4) is 5.75 Å². The maximum atomic E-state index is 11.6. The van der Waals surface area contributed by atoms with E-state index in [1.54, 1.807) is 0 Å². The number of carbonyl (C=O) groups is 2. The molecule has 5 heteroatoms. The first kappa shape index (κ1) is 15.8. The maximum absolute atomic E-state index is 11.6. The van der Waals surface area contributed by atoms with E-state index in [1.807, 2.05) is 30.3 Å². The number of rotatable bonds is 7. The smallest absolute Gasteiger partial charge is 0.331 e. The highest BCUT2D eigenvalue weighted by atomic mass is 16.5. The van der Waals surface area contributed by atoms with Gasteiger partial charge in [0, 0.05) is 17.7 Å². The molecule has 0 heterocycles. The Bertz CT molecular complexity index is 494. The van der Waals surface area contributed by atoms with Crippen molar-refractivity contribution >= 4 is 11.9 Å². The van der Waals surface area contributed by atoms with Crippen molar-refractivity contribution in [3.63, 3.8) is 0 Å². The number of carbonyl (C=O) groups excluding carboxylic acids is 1.